The minimum atomic E-state index is 0.629. The van der Waals surface area contributed by atoms with Gasteiger partial charge in [-0.3, -0.25) is 0 Å². The first-order chi connectivity index (χ1) is 5.75. The minimum absolute atomic E-state index is 0.629. The number of anilines is 2. The van der Waals surface area contributed by atoms with Crippen LogP contribution in [0.15, 0.2) is 18.2 Å². The summed E-state index contributed by atoms with van der Waals surface area (Å²) in [7, 11) is 1.63. The lowest BCUT2D eigenvalue weighted by Gasteiger charge is -2.05. The van der Waals surface area contributed by atoms with Crippen molar-refractivity contribution in [2.75, 3.05) is 18.6 Å². The molecule has 4 N–H and O–H groups in total. The molecule has 0 spiro atoms. The highest BCUT2D eigenvalue weighted by Crippen LogP contribution is 2.23. The molecule has 1 aromatic carbocycles. The van der Waals surface area contributed by atoms with Gasteiger partial charge in [-0.05, 0) is 23.7 Å². The topological polar surface area (TPSA) is 61.3 Å². The third-order valence-corrected chi connectivity index (χ3v) is 2.23. The van der Waals surface area contributed by atoms with Crippen molar-refractivity contribution in [1.29, 1.82) is 0 Å². The monoisotopic (exact) mass is 184 g/mol. The molecule has 0 aliphatic carbocycles. The summed E-state index contributed by atoms with van der Waals surface area (Å²) in [6.07, 6.45) is 0. The normalized spacial score (nSPS) is 10.1. The summed E-state index contributed by atoms with van der Waals surface area (Å²) in [5.41, 5.74) is 13.6. The largest absolute Gasteiger partial charge is 0.397 e. The van der Waals surface area contributed by atoms with E-state index < -0.39 is 0 Å². The van der Waals surface area contributed by atoms with Gasteiger partial charge in [-0.15, -0.1) is 0 Å². The smallest absolute Gasteiger partial charge is 0.0589 e. The van der Waals surface area contributed by atoms with Gasteiger partial charge < -0.3 is 15.7 Å². The van der Waals surface area contributed by atoms with Gasteiger partial charge in [0.1, 0.15) is 0 Å². The summed E-state index contributed by atoms with van der Waals surface area (Å²) in [5.74, 6) is 0.730. The van der Waals surface area contributed by atoms with Crippen LogP contribution in [0, 0.1) is 0 Å². The van der Waals surface area contributed by atoms with E-state index in [2.05, 4.69) is 0 Å². The molecular formula is C8H12N2OS. The fourth-order valence-corrected chi connectivity index (χ4v) is 1.38. The molecule has 0 atom stereocenters. The molecule has 0 aliphatic heterocycles. The Hall–Kier alpha value is -0.870. The van der Waals surface area contributed by atoms with Crippen molar-refractivity contribution in [2.24, 2.45) is 0 Å². The third-order valence-electron chi connectivity index (χ3n) is 1.56. The lowest BCUT2D eigenvalue weighted by molar-refractivity contribution is 0.489. The number of hydrogen-bond acceptors (Lipinski definition) is 4. The highest BCUT2D eigenvalue weighted by Gasteiger charge is 2.01. The summed E-state index contributed by atoms with van der Waals surface area (Å²) in [4.78, 5) is 0. The molecule has 66 valence electrons. The van der Waals surface area contributed by atoms with Crippen LogP contribution in [0.4, 0.5) is 11.4 Å². The van der Waals surface area contributed by atoms with E-state index in [1.54, 1.807) is 13.2 Å². The molecular weight excluding hydrogens is 172 g/mol. The second-order valence-electron chi connectivity index (χ2n) is 2.35. The number of nitrogen functional groups attached to an aromatic ring is 2. The Morgan fingerprint density at radius 2 is 2.17 bits per heavy atom. The standard InChI is InChI=1S/C8H12N2OS/c1-11-12-5-6-3-2-4-7(9)8(6)10/h2-4H,5,9-10H2,1H3. The number of rotatable bonds is 3. The fraction of sp³-hybridized carbons (Fsp3) is 0.250. The van der Waals surface area contributed by atoms with Gasteiger partial charge in [-0.2, -0.15) is 0 Å². The van der Waals surface area contributed by atoms with Crippen molar-refractivity contribution in [3.63, 3.8) is 0 Å². The van der Waals surface area contributed by atoms with Gasteiger partial charge in [0.15, 0.2) is 0 Å². The first kappa shape index (κ1) is 9.22. The first-order valence-electron chi connectivity index (χ1n) is 3.54. The van der Waals surface area contributed by atoms with Crippen LogP contribution in [0.1, 0.15) is 5.56 Å². The van der Waals surface area contributed by atoms with Gasteiger partial charge >= 0.3 is 0 Å². The minimum Gasteiger partial charge on any atom is -0.397 e. The summed E-state index contributed by atoms with van der Waals surface area (Å²) in [6, 6.07) is 5.62. The Balaban J connectivity index is 2.78. The van der Waals surface area contributed by atoms with Crippen LogP contribution in [0.2, 0.25) is 0 Å². The van der Waals surface area contributed by atoms with E-state index in [9.17, 15) is 0 Å². The van der Waals surface area contributed by atoms with Crippen molar-refractivity contribution in [2.45, 2.75) is 5.75 Å². The molecule has 4 heteroatoms. The van der Waals surface area contributed by atoms with Gasteiger partial charge in [0.2, 0.25) is 0 Å². The van der Waals surface area contributed by atoms with E-state index in [4.69, 9.17) is 15.7 Å². The molecule has 0 unspecified atom stereocenters. The third kappa shape index (κ3) is 2.06. The first-order valence-corrected chi connectivity index (χ1v) is 4.45. The quantitative estimate of drug-likeness (QED) is 0.554. The molecule has 0 aromatic heterocycles. The van der Waals surface area contributed by atoms with Crippen LogP contribution in [-0.2, 0) is 9.94 Å². The van der Waals surface area contributed by atoms with Crippen molar-refractivity contribution in [1.82, 2.24) is 0 Å². The van der Waals surface area contributed by atoms with Crippen molar-refractivity contribution < 1.29 is 4.18 Å². The Morgan fingerprint density at radius 3 is 2.83 bits per heavy atom. The number of para-hydroxylation sites is 1. The second-order valence-corrected chi connectivity index (χ2v) is 3.21. The maximum absolute atomic E-state index is 5.73. The summed E-state index contributed by atoms with van der Waals surface area (Å²) in [5, 5.41) is 0. The van der Waals surface area contributed by atoms with Crippen LogP contribution >= 0.6 is 12.0 Å². The highest BCUT2D eigenvalue weighted by molar-refractivity contribution is 7.93. The Kier molecular flexibility index (Phi) is 3.25. The maximum Gasteiger partial charge on any atom is 0.0589 e. The lowest BCUT2D eigenvalue weighted by atomic mass is 10.2. The molecule has 0 saturated carbocycles. The molecule has 1 rings (SSSR count). The molecule has 1 aromatic rings. The van der Waals surface area contributed by atoms with E-state index in [1.165, 1.54) is 12.0 Å². The molecule has 0 saturated heterocycles. The van der Waals surface area contributed by atoms with Crippen LogP contribution < -0.4 is 11.5 Å². The Morgan fingerprint density at radius 1 is 1.42 bits per heavy atom. The van der Waals surface area contributed by atoms with Crippen LogP contribution in [0.3, 0.4) is 0 Å². The van der Waals surface area contributed by atoms with E-state index in [1.807, 2.05) is 12.1 Å². The predicted octanol–water partition coefficient (Wildman–Crippen LogP) is 1.65. The van der Waals surface area contributed by atoms with Gasteiger partial charge in [0, 0.05) is 5.75 Å². The predicted molar refractivity (Wildman–Crippen MR) is 53.6 cm³/mol. The summed E-state index contributed by atoms with van der Waals surface area (Å²) in [6.45, 7) is 0. The average Bonchev–Trinajstić information content (AvgIpc) is 2.08. The Labute approximate surface area is 76.3 Å². The maximum atomic E-state index is 5.73. The number of nitrogens with two attached hydrogens (primary N) is 2. The fourth-order valence-electron chi connectivity index (χ4n) is 0.881. The zero-order valence-electron chi connectivity index (χ0n) is 6.91. The van der Waals surface area contributed by atoms with Gasteiger partial charge in [0.05, 0.1) is 18.5 Å². The SMILES string of the molecule is COSCc1cccc(N)c1N. The van der Waals surface area contributed by atoms with E-state index in [0.717, 1.165) is 11.3 Å². The number of hydrogen-bond donors (Lipinski definition) is 2. The van der Waals surface area contributed by atoms with Crippen molar-refractivity contribution in [3.05, 3.63) is 23.8 Å². The zero-order chi connectivity index (χ0) is 8.97. The zero-order valence-corrected chi connectivity index (χ0v) is 7.73. The summed E-state index contributed by atoms with van der Waals surface area (Å²) < 4.78 is 4.86. The summed E-state index contributed by atoms with van der Waals surface area (Å²) >= 11 is 1.35. The molecule has 0 fully saturated rings. The van der Waals surface area contributed by atoms with Crippen LogP contribution in [0.25, 0.3) is 0 Å². The second kappa shape index (κ2) is 4.23. The van der Waals surface area contributed by atoms with Gasteiger partial charge in [-0.1, -0.05) is 12.1 Å². The highest BCUT2D eigenvalue weighted by atomic mass is 32.2. The van der Waals surface area contributed by atoms with Gasteiger partial charge in [0.25, 0.3) is 0 Å². The van der Waals surface area contributed by atoms with Crippen molar-refractivity contribution >= 4 is 23.4 Å². The average molecular weight is 184 g/mol. The molecule has 0 heterocycles. The molecule has 3 nitrogen and oxygen atoms in total. The molecule has 0 bridgehead atoms. The number of benzene rings is 1. The Bertz CT molecular complexity index is 265. The van der Waals surface area contributed by atoms with Crippen LogP contribution in [0.5, 0.6) is 0 Å². The van der Waals surface area contributed by atoms with E-state index in [-0.39, 0.29) is 0 Å². The van der Waals surface area contributed by atoms with E-state index >= 15 is 0 Å². The molecule has 12 heavy (non-hydrogen) atoms. The lowest BCUT2D eigenvalue weighted by Crippen LogP contribution is -1.98. The van der Waals surface area contributed by atoms with Crippen LogP contribution in [-0.4, -0.2) is 7.11 Å². The van der Waals surface area contributed by atoms with Gasteiger partial charge in [-0.25, -0.2) is 0 Å². The molecule has 0 radical (unpaired) electrons. The molecule has 0 aliphatic rings. The van der Waals surface area contributed by atoms with E-state index in [0.29, 0.717) is 11.4 Å². The van der Waals surface area contributed by atoms with Crippen molar-refractivity contribution in [3.8, 4) is 0 Å². The molecule has 0 amide bonds.